The van der Waals surface area contributed by atoms with Crippen LogP contribution in [-0.2, 0) is 20.2 Å². The SMILES string of the molecule is Cc1c([N+]#N)cc(S(=O)(=O)O)c(Cl)c1S(=O)(=O)O. The molecule has 0 aliphatic carbocycles. The number of rotatable bonds is 2. The zero-order valence-corrected chi connectivity index (χ0v) is 11.1. The molecule has 0 amide bonds. The zero-order valence-electron chi connectivity index (χ0n) is 8.69. The Bertz CT molecular complexity index is 762. The van der Waals surface area contributed by atoms with Gasteiger partial charge in [-0.25, -0.2) is 0 Å². The molecule has 0 aliphatic rings. The minimum Gasteiger partial charge on any atom is -0.282 e. The van der Waals surface area contributed by atoms with E-state index >= 15 is 0 Å². The van der Waals surface area contributed by atoms with E-state index in [2.05, 4.69) is 4.98 Å². The molecule has 0 unspecified atom stereocenters. The van der Waals surface area contributed by atoms with Crippen molar-refractivity contribution < 1.29 is 25.9 Å². The Kier molecular flexibility index (Phi) is 3.66. The van der Waals surface area contributed by atoms with Crippen LogP contribution >= 0.6 is 11.6 Å². The van der Waals surface area contributed by atoms with Crippen molar-refractivity contribution >= 4 is 37.5 Å². The maximum Gasteiger partial charge on any atom is 0.390 e. The summed E-state index contributed by atoms with van der Waals surface area (Å²) in [4.78, 5) is 0.707. The van der Waals surface area contributed by atoms with Crippen LogP contribution in [0.15, 0.2) is 15.9 Å². The summed E-state index contributed by atoms with van der Waals surface area (Å²) in [5, 5.41) is 7.73. The lowest BCUT2D eigenvalue weighted by molar-refractivity contribution is 0.481. The van der Waals surface area contributed by atoms with Crippen molar-refractivity contribution in [1.29, 1.82) is 5.39 Å². The molecule has 0 bridgehead atoms. The van der Waals surface area contributed by atoms with E-state index in [1.165, 1.54) is 0 Å². The zero-order chi connectivity index (χ0) is 14.3. The minimum atomic E-state index is -4.86. The first-order valence-electron chi connectivity index (χ1n) is 4.13. The van der Waals surface area contributed by atoms with E-state index in [9.17, 15) is 16.8 Å². The quantitative estimate of drug-likeness (QED) is 0.625. The third kappa shape index (κ3) is 2.60. The van der Waals surface area contributed by atoms with Gasteiger partial charge in [-0.15, -0.1) is 0 Å². The maximum absolute atomic E-state index is 11.1. The van der Waals surface area contributed by atoms with E-state index in [4.69, 9.17) is 26.1 Å². The largest absolute Gasteiger partial charge is 0.390 e. The summed E-state index contributed by atoms with van der Waals surface area (Å²) >= 11 is 5.51. The topological polar surface area (TPSA) is 137 Å². The highest BCUT2D eigenvalue weighted by molar-refractivity contribution is 7.87. The van der Waals surface area contributed by atoms with Crippen molar-refractivity contribution in [3.63, 3.8) is 0 Å². The average Bonchev–Trinajstić information content (AvgIpc) is 2.13. The molecule has 0 fully saturated rings. The molecule has 18 heavy (non-hydrogen) atoms. The van der Waals surface area contributed by atoms with Gasteiger partial charge in [0.1, 0.15) is 9.79 Å². The molecule has 0 radical (unpaired) electrons. The molecule has 0 saturated heterocycles. The standard InChI is InChI=1S/C7H5ClN2O6S2/c1-3-4(10-9)2-5(17(11,12)13)6(8)7(3)18(14,15)16/h2H,1H3,(H-,11,12,13,14,15,16)/p+1. The Morgan fingerprint density at radius 1 is 1.22 bits per heavy atom. The summed E-state index contributed by atoms with van der Waals surface area (Å²) in [5.41, 5.74) is -0.739. The van der Waals surface area contributed by atoms with Gasteiger partial charge in [-0.05, 0) is 6.92 Å². The number of hydrogen-bond acceptors (Lipinski definition) is 5. The van der Waals surface area contributed by atoms with Gasteiger partial charge in [0.15, 0.2) is 4.98 Å². The number of nitrogens with zero attached hydrogens (tertiary/aromatic N) is 2. The average molecular weight is 314 g/mol. The summed E-state index contributed by atoms with van der Waals surface area (Å²) in [7, 11) is -9.70. The molecule has 2 N–H and O–H groups in total. The van der Waals surface area contributed by atoms with Crippen LogP contribution in [0.5, 0.6) is 0 Å². The van der Waals surface area contributed by atoms with Crippen LogP contribution in [0.25, 0.3) is 4.98 Å². The lowest BCUT2D eigenvalue weighted by Crippen LogP contribution is -2.07. The summed E-state index contributed by atoms with van der Waals surface area (Å²) in [6, 6.07) is 0.668. The molecule has 1 aromatic carbocycles. The summed E-state index contributed by atoms with van der Waals surface area (Å²) < 4.78 is 62.0. The Morgan fingerprint density at radius 2 is 1.72 bits per heavy atom. The second-order valence-electron chi connectivity index (χ2n) is 3.21. The first-order valence-corrected chi connectivity index (χ1v) is 7.39. The molecule has 0 saturated carbocycles. The van der Waals surface area contributed by atoms with Gasteiger partial charge in [-0.1, -0.05) is 11.6 Å². The Hall–Kier alpha value is -1.25. The first kappa shape index (κ1) is 14.8. The molecular weight excluding hydrogens is 308 g/mol. The number of hydrogen-bond donors (Lipinski definition) is 2. The Labute approximate surface area is 107 Å². The minimum absolute atomic E-state index is 0.266. The fourth-order valence-corrected chi connectivity index (χ4v) is 3.55. The lowest BCUT2D eigenvalue weighted by Gasteiger charge is -2.06. The molecule has 0 spiro atoms. The fraction of sp³-hybridized carbons (Fsp3) is 0.143. The van der Waals surface area contributed by atoms with Gasteiger partial charge in [-0.3, -0.25) is 9.11 Å². The smallest absolute Gasteiger partial charge is 0.282 e. The van der Waals surface area contributed by atoms with Crippen LogP contribution in [0.2, 0.25) is 5.02 Å². The van der Waals surface area contributed by atoms with E-state index in [1.54, 1.807) is 0 Å². The van der Waals surface area contributed by atoms with Crippen molar-refractivity contribution in [2.75, 3.05) is 0 Å². The fourth-order valence-electron chi connectivity index (χ4n) is 1.29. The third-order valence-electron chi connectivity index (χ3n) is 2.05. The van der Waals surface area contributed by atoms with E-state index in [-0.39, 0.29) is 5.56 Å². The molecule has 98 valence electrons. The van der Waals surface area contributed by atoms with Crippen LogP contribution < -0.4 is 0 Å². The van der Waals surface area contributed by atoms with E-state index in [0.717, 1.165) is 6.92 Å². The molecule has 1 rings (SSSR count). The van der Waals surface area contributed by atoms with Crippen molar-refractivity contribution in [2.24, 2.45) is 0 Å². The van der Waals surface area contributed by atoms with Crippen LogP contribution in [-0.4, -0.2) is 25.9 Å². The Balaban J connectivity index is 4.03. The number of halogens is 1. The molecule has 8 nitrogen and oxygen atoms in total. The monoisotopic (exact) mass is 313 g/mol. The Morgan fingerprint density at radius 3 is 2.06 bits per heavy atom. The first-order chi connectivity index (χ1) is 8.00. The van der Waals surface area contributed by atoms with Gasteiger partial charge < -0.3 is 0 Å². The van der Waals surface area contributed by atoms with Crippen molar-refractivity contribution in [1.82, 2.24) is 0 Å². The summed E-state index contributed by atoms with van der Waals surface area (Å²) in [6.07, 6.45) is 0. The van der Waals surface area contributed by atoms with Crippen LogP contribution in [0, 0.1) is 12.3 Å². The van der Waals surface area contributed by atoms with Crippen LogP contribution in [0.4, 0.5) is 5.69 Å². The highest BCUT2D eigenvalue weighted by Gasteiger charge is 2.32. The van der Waals surface area contributed by atoms with Gasteiger partial charge >= 0.3 is 5.69 Å². The van der Waals surface area contributed by atoms with Gasteiger partial charge in [0.25, 0.3) is 20.2 Å². The number of diazo groups is 1. The van der Waals surface area contributed by atoms with Gasteiger partial charge in [0, 0.05) is 0 Å². The number of benzene rings is 1. The second-order valence-corrected chi connectivity index (χ2v) is 6.34. The van der Waals surface area contributed by atoms with Gasteiger partial charge in [0.2, 0.25) is 5.39 Å². The third-order valence-corrected chi connectivity index (χ3v) is 4.57. The van der Waals surface area contributed by atoms with Crippen molar-refractivity contribution in [3.8, 4) is 0 Å². The van der Waals surface area contributed by atoms with Crippen LogP contribution in [0.1, 0.15) is 5.56 Å². The highest BCUT2D eigenvalue weighted by Crippen LogP contribution is 2.37. The van der Waals surface area contributed by atoms with Crippen molar-refractivity contribution in [2.45, 2.75) is 16.7 Å². The molecule has 11 heteroatoms. The maximum atomic E-state index is 11.1. The van der Waals surface area contributed by atoms with E-state index in [1.807, 2.05) is 0 Å². The molecule has 0 aromatic heterocycles. The molecule has 1 aromatic rings. The molecule has 0 aliphatic heterocycles. The highest BCUT2D eigenvalue weighted by atomic mass is 35.5. The predicted molar refractivity (Wildman–Crippen MR) is 60.6 cm³/mol. The van der Waals surface area contributed by atoms with E-state index < -0.39 is 40.7 Å². The van der Waals surface area contributed by atoms with Gasteiger partial charge in [-0.2, -0.15) is 16.8 Å². The normalized spacial score (nSPS) is 12.2. The van der Waals surface area contributed by atoms with Crippen molar-refractivity contribution in [3.05, 3.63) is 21.6 Å². The summed E-state index contributed by atoms with van der Waals surface area (Å²) in [5.74, 6) is 0. The molecule has 0 atom stereocenters. The van der Waals surface area contributed by atoms with Gasteiger partial charge in [0.05, 0.1) is 16.7 Å². The second kappa shape index (κ2) is 4.45. The molecular formula is C7H6ClN2O6S2+. The van der Waals surface area contributed by atoms with Crippen LogP contribution in [0.3, 0.4) is 0 Å². The van der Waals surface area contributed by atoms with E-state index in [0.29, 0.717) is 6.07 Å². The predicted octanol–water partition coefficient (Wildman–Crippen LogP) is 1.63. The lowest BCUT2D eigenvalue weighted by atomic mass is 10.2. The summed E-state index contributed by atoms with van der Waals surface area (Å²) in [6.45, 7) is 1.14. The molecule has 0 heterocycles.